The van der Waals surface area contributed by atoms with Gasteiger partial charge in [-0.25, -0.2) is 16.8 Å². The lowest BCUT2D eigenvalue weighted by atomic mass is 10.1. The lowest BCUT2D eigenvalue weighted by molar-refractivity contribution is -0.114. The van der Waals surface area contributed by atoms with Crippen molar-refractivity contribution < 1.29 is 21.6 Å². The van der Waals surface area contributed by atoms with Gasteiger partial charge in [0.05, 0.1) is 21.2 Å². The minimum atomic E-state index is -4.13. The number of halogens is 1. The van der Waals surface area contributed by atoms with Gasteiger partial charge in [-0.3, -0.25) is 13.8 Å². The summed E-state index contributed by atoms with van der Waals surface area (Å²) in [6.45, 7) is 6.72. The zero-order valence-corrected chi connectivity index (χ0v) is 25.4. The third-order valence-corrected chi connectivity index (χ3v) is 9.81. The summed E-state index contributed by atoms with van der Waals surface area (Å²) in [5.74, 6) is -0.621. The monoisotopic (exact) mass is 611 g/mol. The summed E-state index contributed by atoms with van der Waals surface area (Å²) >= 11 is 6.19. The van der Waals surface area contributed by atoms with E-state index in [9.17, 15) is 21.6 Å². The van der Waals surface area contributed by atoms with Gasteiger partial charge in [-0.1, -0.05) is 47.5 Å². The Balaban J connectivity index is 1.57. The molecule has 2 N–H and O–H groups in total. The summed E-state index contributed by atoms with van der Waals surface area (Å²) < 4.78 is 56.8. The second-order valence-corrected chi connectivity index (χ2v) is 13.7. The number of rotatable bonds is 9. The number of amides is 1. The average Bonchev–Trinajstić information content (AvgIpc) is 2.91. The first-order chi connectivity index (χ1) is 19.3. The Kier molecular flexibility index (Phi) is 8.77. The fourth-order valence-corrected chi connectivity index (χ4v) is 6.85. The number of benzene rings is 4. The molecule has 8 nitrogen and oxygen atoms in total. The van der Waals surface area contributed by atoms with Gasteiger partial charge >= 0.3 is 0 Å². The molecule has 4 aromatic carbocycles. The third-order valence-electron chi connectivity index (χ3n) is 6.42. The molecule has 0 saturated heterocycles. The van der Waals surface area contributed by atoms with E-state index in [1.807, 2.05) is 32.9 Å². The van der Waals surface area contributed by atoms with Gasteiger partial charge in [-0.2, -0.15) is 0 Å². The van der Waals surface area contributed by atoms with Crippen molar-refractivity contribution in [3.8, 4) is 0 Å². The van der Waals surface area contributed by atoms with Gasteiger partial charge < -0.3 is 5.32 Å². The van der Waals surface area contributed by atoms with Crippen LogP contribution in [0.4, 0.5) is 17.1 Å². The summed E-state index contributed by atoms with van der Waals surface area (Å²) in [5.41, 5.74) is 4.25. The number of hydrogen-bond acceptors (Lipinski definition) is 5. The van der Waals surface area contributed by atoms with Crippen LogP contribution >= 0.6 is 11.6 Å². The predicted molar refractivity (Wildman–Crippen MR) is 164 cm³/mol. The molecule has 4 aromatic rings. The van der Waals surface area contributed by atoms with Gasteiger partial charge in [0, 0.05) is 10.7 Å². The van der Waals surface area contributed by atoms with E-state index >= 15 is 0 Å². The Morgan fingerprint density at radius 1 is 0.732 bits per heavy atom. The quantitative estimate of drug-likeness (QED) is 0.234. The number of nitrogens with one attached hydrogen (secondary N) is 2. The van der Waals surface area contributed by atoms with Crippen molar-refractivity contribution in [2.24, 2.45) is 0 Å². The normalized spacial score (nSPS) is 11.6. The van der Waals surface area contributed by atoms with Crippen LogP contribution in [0.15, 0.2) is 94.7 Å². The van der Waals surface area contributed by atoms with Crippen LogP contribution < -0.4 is 14.3 Å². The third kappa shape index (κ3) is 7.08. The Morgan fingerprint density at radius 2 is 1.32 bits per heavy atom. The maximum absolute atomic E-state index is 13.7. The molecule has 41 heavy (non-hydrogen) atoms. The van der Waals surface area contributed by atoms with E-state index in [0.29, 0.717) is 22.0 Å². The number of carbonyl (C=O) groups is 1. The predicted octanol–water partition coefficient (Wildman–Crippen LogP) is 6.21. The van der Waals surface area contributed by atoms with Crippen molar-refractivity contribution in [3.63, 3.8) is 0 Å². The number of anilines is 3. The van der Waals surface area contributed by atoms with E-state index < -0.39 is 32.5 Å². The Bertz CT molecular complexity index is 1810. The van der Waals surface area contributed by atoms with Crippen LogP contribution in [0.5, 0.6) is 0 Å². The molecule has 0 aliphatic heterocycles. The van der Waals surface area contributed by atoms with Crippen molar-refractivity contribution in [2.75, 3.05) is 20.9 Å². The SMILES string of the molecule is Cc1ccc(S(=O)(=O)N(CC(=O)Nc2ccc(S(=O)(=O)Nc3cc(C)ccc3C)cc2)c2cc(Cl)ccc2C)cc1. The standard InChI is InChI=1S/C30H30ClN3O5S2/c1-20-6-13-27(14-7-20)41(38,39)34(29-18-24(31)10-9-23(29)4)19-30(35)32-25-11-15-26(16-12-25)40(36,37)33-28-17-21(2)5-8-22(28)3/h5-18,33H,19H2,1-4H3,(H,32,35). The van der Waals surface area contributed by atoms with Crippen molar-refractivity contribution in [1.29, 1.82) is 0 Å². The second kappa shape index (κ2) is 11.9. The Labute approximate surface area is 246 Å². The maximum Gasteiger partial charge on any atom is 0.264 e. The van der Waals surface area contributed by atoms with Crippen LogP contribution in [-0.2, 0) is 24.8 Å². The molecule has 0 saturated carbocycles. The van der Waals surface area contributed by atoms with Gasteiger partial charge in [0.1, 0.15) is 6.54 Å². The molecular weight excluding hydrogens is 582 g/mol. The summed E-state index contributed by atoms with van der Waals surface area (Å²) in [4.78, 5) is 13.2. The average molecular weight is 612 g/mol. The van der Waals surface area contributed by atoms with Crippen LogP contribution in [0.1, 0.15) is 22.3 Å². The highest BCUT2D eigenvalue weighted by atomic mass is 35.5. The number of nitrogens with zero attached hydrogens (tertiary/aromatic N) is 1. The van der Waals surface area contributed by atoms with E-state index in [1.165, 1.54) is 42.5 Å². The maximum atomic E-state index is 13.7. The molecule has 214 valence electrons. The molecule has 0 atom stereocenters. The van der Waals surface area contributed by atoms with Crippen molar-refractivity contribution >= 4 is 54.6 Å². The smallest absolute Gasteiger partial charge is 0.264 e. The number of aryl methyl sites for hydroxylation is 4. The molecule has 0 bridgehead atoms. The van der Waals surface area contributed by atoms with Gasteiger partial charge in [-0.05, 0) is 99.0 Å². The number of hydrogen-bond donors (Lipinski definition) is 2. The topological polar surface area (TPSA) is 113 Å². The lowest BCUT2D eigenvalue weighted by Crippen LogP contribution is -2.38. The number of carbonyl (C=O) groups excluding carboxylic acids is 1. The Morgan fingerprint density at radius 3 is 1.98 bits per heavy atom. The van der Waals surface area contributed by atoms with E-state index in [0.717, 1.165) is 21.0 Å². The van der Waals surface area contributed by atoms with Gasteiger partial charge in [-0.15, -0.1) is 0 Å². The van der Waals surface area contributed by atoms with Crippen LogP contribution in [0.25, 0.3) is 0 Å². The molecular formula is C30H30ClN3O5S2. The van der Waals surface area contributed by atoms with E-state index in [4.69, 9.17) is 11.6 Å². The first-order valence-electron chi connectivity index (χ1n) is 12.6. The first-order valence-corrected chi connectivity index (χ1v) is 15.9. The highest BCUT2D eigenvalue weighted by Crippen LogP contribution is 2.30. The molecule has 4 rings (SSSR count). The van der Waals surface area contributed by atoms with Crippen LogP contribution in [0.2, 0.25) is 5.02 Å². The summed E-state index contributed by atoms with van der Waals surface area (Å²) in [7, 11) is -8.01. The Hall–Kier alpha value is -3.86. The van der Waals surface area contributed by atoms with E-state index in [-0.39, 0.29) is 15.5 Å². The minimum absolute atomic E-state index is 0.00883. The fourth-order valence-electron chi connectivity index (χ4n) is 4.09. The molecule has 0 heterocycles. The highest BCUT2D eigenvalue weighted by molar-refractivity contribution is 7.93. The van der Waals surface area contributed by atoms with Gasteiger partial charge in [0.2, 0.25) is 5.91 Å². The second-order valence-electron chi connectivity index (χ2n) is 9.75. The van der Waals surface area contributed by atoms with Gasteiger partial charge in [0.15, 0.2) is 0 Å². The fraction of sp³-hybridized carbons (Fsp3) is 0.167. The molecule has 0 aliphatic rings. The van der Waals surface area contributed by atoms with Gasteiger partial charge in [0.25, 0.3) is 20.0 Å². The molecule has 0 aliphatic carbocycles. The van der Waals surface area contributed by atoms with E-state index in [1.54, 1.807) is 37.3 Å². The first kappa shape index (κ1) is 30.1. The molecule has 11 heteroatoms. The molecule has 0 unspecified atom stereocenters. The van der Waals surface area contributed by atoms with Crippen molar-refractivity contribution in [3.05, 3.63) is 112 Å². The molecule has 0 radical (unpaired) electrons. The molecule has 0 aromatic heterocycles. The van der Waals surface area contributed by atoms with Crippen molar-refractivity contribution in [2.45, 2.75) is 37.5 Å². The highest BCUT2D eigenvalue weighted by Gasteiger charge is 2.28. The largest absolute Gasteiger partial charge is 0.325 e. The van der Waals surface area contributed by atoms with Crippen LogP contribution in [-0.4, -0.2) is 29.3 Å². The number of sulfonamides is 2. The lowest BCUT2D eigenvalue weighted by Gasteiger charge is -2.26. The van der Waals surface area contributed by atoms with E-state index in [2.05, 4.69) is 10.0 Å². The molecule has 0 fully saturated rings. The zero-order chi connectivity index (χ0) is 29.9. The summed E-state index contributed by atoms with van der Waals surface area (Å²) in [6.07, 6.45) is 0. The molecule has 1 amide bonds. The van der Waals surface area contributed by atoms with Crippen LogP contribution in [0.3, 0.4) is 0 Å². The minimum Gasteiger partial charge on any atom is -0.325 e. The summed E-state index contributed by atoms with van der Waals surface area (Å²) in [5, 5.41) is 2.98. The van der Waals surface area contributed by atoms with Crippen LogP contribution in [0, 0.1) is 27.7 Å². The molecule has 0 spiro atoms. The zero-order valence-electron chi connectivity index (χ0n) is 23.0. The van der Waals surface area contributed by atoms with Crippen molar-refractivity contribution in [1.82, 2.24) is 0 Å². The summed E-state index contributed by atoms with van der Waals surface area (Å²) in [6, 6.07) is 22.3.